The molecule has 0 aromatic heterocycles. The molecule has 98 valence electrons. The Morgan fingerprint density at radius 1 is 1.11 bits per heavy atom. The van der Waals surface area contributed by atoms with E-state index in [0.29, 0.717) is 11.8 Å². The van der Waals surface area contributed by atoms with Crippen molar-refractivity contribution in [2.75, 3.05) is 13.2 Å². The van der Waals surface area contributed by atoms with Gasteiger partial charge in [0.2, 0.25) is 0 Å². The minimum atomic E-state index is -0.287. The summed E-state index contributed by atoms with van der Waals surface area (Å²) in [6.07, 6.45) is 5.39. The van der Waals surface area contributed by atoms with Crippen LogP contribution in [-0.4, -0.2) is 18.3 Å². The van der Waals surface area contributed by atoms with Gasteiger partial charge in [-0.15, -0.1) is 0 Å². The number of ether oxygens (including phenoxy) is 1. The SMILES string of the molecule is OC(CC1CCOCC1)c1ccccc1C1CC1. The predicted octanol–water partition coefficient (Wildman–Crippen LogP) is 3.41. The minimum absolute atomic E-state index is 0.287. The Morgan fingerprint density at radius 2 is 1.83 bits per heavy atom. The molecule has 1 saturated heterocycles. The maximum Gasteiger partial charge on any atom is 0.0795 e. The summed E-state index contributed by atoms with van der Waals surface area (Å²) < 4.78 is 5.38. The van der Waals surface area contributed by atoms with Crippen LogP contribution < -0.4 is 0 Å². The van der Waals surface area contributed by atoms with E-state index in [4.69, 9.17) is 4.74 Å². The molecule has 1 unspecified atom stereocenters. The molecular weight excluding hydrogens is 224 g/mol. The van der Waals surface area contributed by atoms with Crippen LogP contribution in [0, 0.1) is 5.92 Å². The van der Waals surface area contributed by atoms with Gasteiger partial charge in [0.1, 0.15) is 0 Å². The zero-order valence-corrected chi connectivity index (χ0v) is 10.8. The lowest BCUT2D eigenvalue weighted by Crippen LogP contribution is -2.18. The van der Waals surface area contributed by atoms with E-state index in [9.17, 15) is 5.11 Å². The number of aliphatic hydroxyl groups excluding tert-OH is 1. The van der Waals surface area contributed by atoms with Crippen molar-refractivity contribution in [1.29, 1.82) is 0 Å². The van der Waals surface area contributed by atoms with Gasteiger partial charge in [0, 0.05) is 13.2 Å². The van der Waals surface area contributed by atoms with Crippen molar-refractivity contribution in [2.24, 2.45) is 5.92 Å². The van der Waals surface area contributed by atoms with E-state index in [2.05, 4.69) is 24.3 Å². The molecular formula is C16H22O2. The molecule has 1 aromatic carbocycles. The first-order valence-corrected chi connectivity index (χ1v) is 7.19. The lowest BCUT2D eigenvalue weighted by atomic mass is 9.88. The maximum absolute atomic E-state index is 10.5. The van der Waals surface area contributed by atoms with Crippen LogP contribution in [0.1, 0.15) is 55.3 Å². The quantitative estimate of drug-likeness (QED) is 0.882. The van der Waals surface area contributed by atoms with E-state index >= 15 is 0 Å². The lowest BCUT2D eigenvalue weighted by molar-refractivity contribution is 0.0433. The summed E-state index contributed by atoms with van der Waals surface area (Å²) in [5.74, 6) is 1.34. The number of hydrogen-bond donors (Lipinski definition) is 1. The second-order valence-corrected chi connectivity index (χ2v) is 5.71. The highest BCUT2D eigenvalue weighted by molar-refractivity contribution is 5.34. The molecule has 2 aliphatic rings. The van der Waals surface area contributed by atoms with E-state index in [0.717, 1.165) is 32.5 Å². The summed E-state index contributed by atoms with van der Waals surface area (Å²) >= 11 is 0. The molecule has 2 fully saturated rings. The van der Waals surface area contributed by atoms with E-state index in [1.165, 1.54) is 24.0 Å². The average molecular weight is 246 g/mol. The standard InChI is InChI=1S/C16H22O2/c17-16(11-12-7-9-18-10-8-12)15-4-2-1-3-14(15)13-5-6-13/h1-4,12-13,16-17H,5-11H2. The molecule has 1 heterocycles. The molecule has 0 amide bonds. The van der Waals surface area contributed by atoms with Crippen LogP contribution in [0.4, 0.5) is 0 Å². The molecule has 18 heavy (non-hydrogen) atoms. The van der Waals surface area contributed by atoms with E-state index in [1.54, 1.807) is 0 Å². The first-order valence-electron chi connectivity index (χ1n) is 7.19. The lowest BCUT2D eigenvalue weighted by Gasteiger charge is -2.25. The number of rotatable bonds is 4. The Labute approximate surface area is 109 Å². The van der Waals surface area contributed by atoms with Gasteiger partial charge < -0.3 is 9.84 Å². The summed E-state index contributed by atoms with van der Waals surface area (Å²) in [6, 6.07) is 8.45. The molecule has 1 aliphatic heterocycles. The molecule has 1 aliphatic carbocycles. The van der Waals surface area contributed by atoms with Crippen LogP contribution >= 0.6 is 0 Å². The van der Waals surface area contributed by atoms with Gasteiger partial charge in [0.15, 0.2) is 0 Å². The van der Waals surface area contributed by atoms with Crippen LogP contribution in [0.25, 0.3) is 0 Å². The number of aliphatic hydroxyl groups is 1. The van der Waals surface area contributed by atoms with Gasteiger partial charge in [0.25, 0.3) is 0 Å². The average Bonchev–Trinajstić information content (AvgIpc) is 3.24. The first-order chi connectivity index (χ1) is 8.84. The fourth-order valence-electron chi connectivity index (χ4n) is 3.01. The van der Waals surface area contributed by atoms with Gasteiger partial charge in [-0.25, -0.2) is 0 Å². The van der Waals surface area contributed by atoms with E-state index in [-0.39, 0.29) is 6.10 Å². The zero-order chi connectivity index (χ0) is 12.4. The fourth-order valence-corrected chi connectivity index (χ4v) is 3.01. The monoisotopic (exact) mass is 246 g/mol. The third-order valence-corrected chi connectivity index (χ3v) is 4.27. The Kier molecular flexibility index (Phi) is 3.67. The fraction of sp³-hybridized carbons (Fsp3) is 0.625. The molecule has 1 atom stereocenters. The topological polar surface area (TPSA) is 29.5 Å². The first kappa shape index (κ1) is 12.2. The maximum atomic E-state index is 10.5. The van der Waals surface area contributed by atoms with Crippen LogP contribution in [0.3, 0.4) is 0 Å². The van der Waals surface area contributed by atoms with Crippen molar-refractivity contribution in [3.8, 4) is 0 Å². The van der Waals surface area contributed by atoms with Crippen molar-refractivity contribution in [1.82, 2.24) is 0 Å². The molecule has 0 radical (unpaired) electrons. The Bertz CT molecular complexity index is 392. The molecule has 2 heteroatoms. The second-order valence-electron chi connectivity index (χ2n) is 5.71. The molecule has 1 N–H and O–H groups in total. The van der Waals surface area contributed by atoms with E-state index in [1.807, 2.05) is 0 Å². The predicted molar refractivity (Wildman–Crippen MR) is 71.5 cm³/mol. The van der Waals surface area contributed by atoms with Crippen LogP contribution in [0.2, 0.25) is 0 Å². The molecule has 0 spiro atoms. The molecule has 1 aromatic rings. The van der Waals surface area contributed by atoms with Crippen molar-refractivity contribution in [3.05, 3.63) is 35.4 Å². The van der Waals surface area contributed by atoms with Crippen LogP contribution in [0.5, 0.6) is 0 Å². The van der Waals surface area contributed by atoms with Crippen LogP contribution in [-0.2, 0) is 4.74 Å². The summed E-state index contributed by atoms with van der Waals surface area (Å²) in [6.45, 7) is 1.73. The van der Waals surface area contributed by atoms with Gasteiger partial charge in [-0.2, -0.15) is 0 Å². The summed E-state index contributed by atoms with van der Waals surface area (Å²) in [4.78, 5) is 0. The number of benzene rings is 1. The molecule has 2 nitrogen and oxygen atoms in total. The summed E-state index contributed by atoms with van der Waals surface area (Å²) in [5, 5.41) is 10.5. The van der Waals surface area contributed by atoms with Gasteiger partial charge in [-0.1, -0.05) is 24.3 Å². The summed E-state index contributed by atoms with van der Waals surface area (Å²) in [5.41, 5.74) is 2.56. The van der Waals surface area contributed by atoms with E-state index < -0.39 is 0 Å². The van der Waals surface area contributed by atoms with Crippen molar-refractivity contribution in [2.45, 2.75) is 44.1 Å². The normalized spacial score (nSPS) is 22.9. The minimum Gasteiger partial charge on any atom is -0.388 e. The van der Waals surface area contributed by atoms with Crippen molar-refractivity contribution in [3.63, 3.8) is 0 Å². The highest BCUT2D eigenvalue weighted by atomic mass is 16.5. The second kappa shape index (κ2) is 5.41. The molecule has 3 rings (SSSR count). The third kappa shape index (κ3) is 2.76. The van der Waals surface area contributed by atoms with Crippen LogP contribution in [0.15, 0.2) is 24.3 Å². The van der Waals surface area contributed by atoms with Crippen molar-refractivity contribution >= 4 is 0 Å². The van der Waals surface area contributed by atoms with Gasteiger partial charge in [-0.05, 0) is 55.1 Å². The Morgan fingerprint density at radius 3 is 2.56 bits per heavy atom. The molecule has 0 bridgehead atoms. The largest absolute Gasteiger partial charge is 0.388 e. The molecule has 1 saturated carbocycles. The Balaban J connectivity index is 1.69. The highest BCUT2D eigenvalue weighted by Gasteiger charge is 2.28. The highest BCUT2D eigenvalue weighted by Crippen LogP contribution is 2.43. The zero-order valence-electron chi connectivity index (χ0n) is 10.8. The van der Waals surface area contributed by atoms with Gasteiger partial charge >= 0.3 is 0 Å². The number of hydrogen-bond acceptors (Lipinski definition) is 2. The van der Waals surface area contributed by atoms with Gasteiger partial charge in [0.05, 0.1) is 6.10 Å². The smallest absolute Gasteiger partial charge is 0.0795 e. The van der Waals surface area contributed by atoms with Gasteiger partial charge in [-0.3, -0.25) is 0 Å². The third-order valence-electron chi connectivity index (χ3n) is 4.27. The van der Waals surface area contributed by atoms with Crippen molar-refractivity contribution < 1.29 is 9.84 Å². The summed E-state index contributed by atoms with van der Waals surface area (Å²) in [7, 11) is 0. The Hall–Kier alpha value is -0.860.